The number of aromatic nitrogens is 3. The number of likely N-dealkylation sites (N-methyl/N-ethyl adjacent to an activating group) is 1. The van der Waals surface area contributed by atoms with Crippen molar-refractivity contribution in [3.63, 3.8) is 0 Å². The Kier molecular flexibility index (Phi) is 5.23. The Morgan fingerprint density at radius 3 is 2.52 bits per heavy atom. The van der Waals surface area contributed by atoms with Crippen LogP contribution in [0.4, 0.5) is 0 Å². The summed E-state index contributed by atoms with van der Waals surface area (Å²) >= 11 is 0. The van der Waals surface area contributed by atoms with E-state index in [4.69, 9.17) is 0 Å². The van der Waals surface area contributed by atoms with Gasteiger partial charge in [0.05, 0.1) is 6.04 Å². The molecule has 0 saturated heterocycles. The number of pyridine rings is 1. The second-order valence-corrected chi connectivity index (χ2v) is 5.98. The Morgan fingerprint density at radius 1 is 1.12 bits per heavy atom. The number of hydrogen-bond donors (Lipinski definition) is 0. The zero-order valence-corrected chi connectivity index (χ0v) is 14.5. The van der Waals surface area contributed by atoms with E-state index in [1.54, 1.807) is 23.3 Å². The van der Waals surface area contributed by atoms with Crippen LogP contribution in [0.15, 0.2) is 67.3 Å². The Balaban J connectivity index is 1.96. The van der Waals surface area contributed by atoms with Gasteiger partial charge in [-0.05, 0) is 37.1 Å². The fraction of sp³-hybridized carbons (Fsp3) is 0.250. The number of carbonyl (C=O) groups excluding carboxylic acids is 1. The van der Waals surface area contributed by atoms with Crippen LogP contribution >= 0.6 is 0 Å². The van der Waals surface area contributed by atoms with E-state index in [0.717, 1.165) is 11.1 Å². The highest BCUT2D eigenvalue weighted by Gasteiger charge is 2.26. The highest BCUT2D eigenvalue weighted by atomic mass is 16.2. The summed E-state index contributed by atoms with van der Waals surface area (Å²) in [5, 5.41) is 4.15. The molecule has 0 aliphatic carbocycles. The zero-order chi connectivity index (χ0) is 17.6. The highest BCUT2D eigenvalue weighted by molar-refractivity contribution is 5.77. The minimum Gasteiger partial charge on any atom is -0.330 e. The van der Waals surface area contributed by atoms with E-state index in [0.29, 0.717) is 6.54 Å². The molecule has 1 aromatic carbocycles. The lowest BCUT2D eigenvalue weighted by molar-refractivity contribution is -0.133. The van der Waals surface area contributed by atoms with Crippen LogP contribution in [-0.2, 0) is 11.3 Å². The molecule has 3 aromatic rings. The molecule has 5 nitrogen and oxygen atoms in total. The molecule has 0 aliphatic heterocycles. The first-order chi connectivity index (χ1) is 12.2. The molecule has 0 bridgehead atoms. The highest BCUT2D eigenvalue weighted by Crippen LogP contribution is 2.28. The number of aryl methyl sites for hydroxylation is 1. The van der Waals surface area contributed by atoms with Crippen LogP contribution in [-0.4, -0.2) is 32.1 Å². The SMILES string of the molecule is CCN(C(=O)Cn1cccn1)C(c1ccc(C)cc1)c1cccnc1. The van der Waals surface area contributed by atoms with Crippen LogP contribution < -0.4 is 0 Å². The predicted octanol–water partition coefficient (Wildman–Crippen LogP) is 3.22. The van der Waals surface area contributed by atoms with E-state index < -0.39 is 0 Å². The van der Waals surface area contributed by atoms with Crippen LogP contribution in [0.25, 0.3) is 0 Å². The van der Waals surface area contributed by atoms with Crippen molar-refractivity contribution in [2.45, 2.75) is 26.4 Å². The molecule has 3 rings (SSSR count). The van der Waals surface area contributed by atoms with E-state index in [9.17, 15) is 4.79 Å². The van der Waals surface area contributed by atoms with Crippen molar-refractivity contribution in [1.29, 1.82) is 0 Å². The number of carbonyl (C=O) groups is 1. The first kappa shape index (κ1) is 16.9. The van der Waals surface area contributed by atoms with Gasteiger partial charge in [-0.1, -0.05) is 35.9 Å². The van der Waals surface area contributed by atoms with Gasteiger partial charge in [-0.2, -0.15) is 5.10 Å². The average Bonchev–Trinajstić information content (AvgIpc) is 3.14. The van der Waals surface area contributed by atoms with E-state index in [2.05, 4.69) is 41.3 Å². The smallest absolute Gasteiger partial charge is 0.245 e. The van der Waals surface area contributed by atoms with Gasteiger partial charge in [0.25, 0.3) is 0 Å². The quantitative estimate of drug-likeness (QED) is 0.695. The van der Waals surface area contributed by atoms with Gasteiger partial charge in [0.15, 0.2) is 0 Å². The van der Waals surface area contributed by atoms with Gasteiger partial charge in [0, 0.05) is 31.3 Å². The molecule has 2 heterocycles. The van der Waals surface area contributed by atoms with Crippen molar-refractivity contribution in [2.24, 2.45) is 0 Å². The minimum absolute atomic E-state index is 0.0284. The number of amides is 1. The van der Waals surface area contributed by atoms with Crippen molar-refractivity contribution >= 4 is 5.91 Å². The summed E-state index contributed by atoms with van der Waals surface area (Å²) in [5.41, 5.74) is 3.27. The molecule has 0 fully saturated rings. The Bertz CT molecular complexity index is 797. The second kappa shape index (κ2) is 7.75. The number of nitrogens with zero attached hydrogens (tertiary/aromatic N) is 4. The third-order valence-corrected chi connectivity index (χ3v) is 4.22. The lowest BCUT2D eigenvalue weighted by Crippen LogP contribution is -2.37. The molecule has 0 radical (unpaired) electrons. The zero-order valence-electron chi connectivity index (χ0n) is 14.5. The van der Waals surface area contributed by atoms with Gasteiger partial charge < -0.3 is 4.90 Å². The summed E-state index contributed by atoms with van der Waals surface area (Å²) in [6.07, 6.45) is 7.06. The van der Waals surface area contributed by atoms with Gasteiger partial charge in [-0.3, -0.25) is 14.5 Å². The summed E-state index contributed by atoms with van der Waals surface area (Å²) in [6, 6.07) is 13.9. The van der Waals surface area contributed by atoms with E-state index >= 15 is 0 Å². The standard InChI is InChI=1S/C20H22N4O/c1-3-24(19(25)15-23-13-5-12-22-23)20(18-6-4-11-21-14-18)17-9-7-16(2)8-10-17/h4-14,20H,3,15H2,1-2H3. The predicted molar refractivity (Wildman–Crippen MR) is 96.9 cm³/mol. The van der Waals surface area contributed by atoms with Gasteiger partial charge in [0.2, 0.25) is 5.91 Å². The molecule has 1 unspecified atom stereocenters. The summed E-state index contributed by atoms with van der Waals surface area (Å²) in [7, 11) is 0. The molecular weight excluding hydrogens is 312 g/mol. The molecule has 0 N–H and O–H groups in total. The molecule has 1 amide bonds. The third-order valence-electron chi connectivity index (χ3n) is 4.22. The van der Waals surface area contributed by atoms with Crippen molar-refractivity contribution in [1.82, 2.24) is 19.7 Å². The largest absolute Gasteiger partial charge is 0.330 e. The summed E-state index contributed by atoms with van der Waals surface area (Å²) in [4.78, 5) is 19.1. The van der Waals surface area contributed by atoms with E-state index in [1.807, 2.05) is 36.2 Å². The first-order valence-corrected chi connectivity index (χ1v) is 8.42. The molecule has 2 aromatic heterocycles. The fourth-order valence-electron chi connectivity index (χ4n) is 2.97. The molecular formula is C20H22N4O. The van der Waals surface area contributed by atoms with Crippen LogP contribution in [0.2, 0.25) is 0 Å². The van der Waals surface area contributed by atoms with Crippen molar-refractivity contribution in [3.05, 3.63) is 83.9 Å². The molecule has 5 heteroatoms. The molecule has 0 saturated carbocycles. The molecule has 128 valence electrons. The Hall–Kier alpha value is -2.95. The summed E-state index contributed by atoms with van der Waals surface area (Å²) in [6.45, 7) is 4.89. The van der Waals surface area contributed by atoms with Gasteiger partial charge >= 0.3 is 0 Å². The first-order valence-electron chi connectivity index (χ1n) is 8.42. The number of rotatable bonds is 6. The summed E-state index contributed by atoms with van der Waals surface area (Å²) < 4.78 is 1.65. The lowest BCUT2D eigenvalue weighted by Gasteiger charge is -2.31. The third kappa shape index (κ3) is 3.94. The second-order valence-electron chi connectivity index (χ2n) is 5.98. The number of hydrogen-bond acceptors (Lipinski definition) is 3. The monoisotopic (exact) mass is 334 g/mol. The van der Waals surface area contributed by atoms with Gasteiger partial charge in [-0.15, -0.1) is 0 Å². The van der Waals surface area contributed by atoms with Gasteiger partial charge in [-0.25, -0.2) is 0 Å². The normalized spacial score (nSPS) is 11.9. The molecule has 25 heavy (non-hydrogen) atoms. The maximum Gasteiger partial charge on any atom is 0.245 e. The molecule has 0 spiro atoms. The molecule has 0 aliphatic rings. The van der Waals surface area contributed by atoms with Crippen LogP contribution in [0, 0.1) is 6.92 Å². The average molecular weight is 334 g/mol. The molecule has 1 atom stereocenters. The maximum atomic E-state index is 12.9. The van der Waals surface area contributed by atoms with Crippen LogP contribution in [0.5, 0.6) is 0 Å². The van der Waals surface area contributed by atoms with Gasteiger partial charge in [0.1, 0.15) is 6.54 Å². The van der Waals surface area contributed by atoms with Crippen molar-refractivity contribution in [3.8, 4) is 0 Å². The number of benzene rings is 1. The van der Waals surface area contributed by atoms with E-state index in [-0.39, 0.29) is 18.5 Å². The Labute approximate surface area is 147 Å². The Morgan fingerprint density at radius 2 is 1.92 bits per heavy atom. The van der Waals surface area contributed by atoms with Crippen LogP contribution in [0.3, 0.4) is 0 Å². The minimum atomic E-state index is -0.164. The lowest BCUT2D eigenvalue weighted by atomic mass is 9.97. The topological polar surface area (TPSA) is 51.0 Å². The fourth-order valence-corrected chi connectivity index (χ4v) is 2.97. The summed E-state index contributed by atoms with van der Waals surface area (Å²) in [5.74, 6) is 0.0284. The van der Waals surface area contributed by atoms with Crippen LogP contribution in [0.1, 0.15) is 29.7 Å². The van der Waals surface area contributed by atoms with Crippen molar-refractivity contribution < 1.29 is 4.79 Å². The maximum absolute atomic E-state index is 12.9. The van der Waals surface area contributed by atoms with E-state index in [1.165, 1.54) is 5.56 Å². The van der Waals surface area contributed by atoms with Crippen molar-refractivity contribution in [2.75, 3.05) is 6.54 Å².